The molecule has 2 aromatic carbocycles. The van der Waals surface area contributed by atoms with E-state index < -0.39 is 0 Å². The van der Waals surface area contributed by atoms with Crippen LogP contribution in [0.15, 0.2) is 60.9 Å². The number of aliphatic hydroxyl groups is 1. The molecule has 1 aliphatic rings. The number of H-pyrrole nitrogens is 1. The zero-order chi connectivity index (χ0) is 19.8. The highest BCUT2D eigenvalue weighted by molar-refractivity contribution is 5.86. The molecule has 6 heteroatoms. The van der Waals surface area contributed by atoms with Gasteiger partial charge >= 0.3 is 0 Å². The Morgan fingerprint density at radius 1 is 0.966 bits per heavy atom. The number of rotatable bonds is 4. The largest absolute Gasteiger partial charge is 0.393 e. The first-order valence-electron chi connectivity index (χ1n) is 9.98. The average molecular weight is 385 g/mol. The second-order valence-electron chi connectivity index (χ2n) is 7.81. The van der Waals surface area contributed by atoms with Gasteiger partial charge in [-0.25, -0.2) is 15.0 Å². The molecular formula is C23H23N5O. The van der Waals surface area contributed by atoms with E-state index in [9.17, 15) is 5.11 Å². The Labute approximate surface area is 169 Å². The fourth-order valence-corrected chi connectivity index (χ4v) is 4.09. The van der Waals surface area contributed by atoms with Gasteiger partial charge in [0.15, 0.2) is 11.5 Å². The number of aliphatic hydroxyl groups excluding tert-OH is 1. The maximum Gasteiger partial charge on any atom is 0.183 e. The molecule has 4 aromatic rings. The van der Waals surface area contributed by atoms with Crippen molar-refractivity contribution in [2.75, 3.05) is 5.32 Å². The summed E-state index contributed by atoms with van der Waals surface area (Å²) in [4.78, 5) is 16.8. The predicted octanol–water partition coefficient (Wildman–Crippen LogP) is 4.26. The monoisotopic (exact) mass is 385 g/mol. The Morgan fingerprint density at radius 3 is 2.55 bits per heavy atom. The molecule has 0 spiro atoms. The number of hydrogen-bond donors (Lipinski definition) is 3. The van der Waals surface area contributed by atoms with Crippen LogP contribution in [0.1, 0.15) is 19.8 Å². The van der Waals surface area contributed by atoms with Crippen LogP contribution >= 0.6 is 0 Å². The fourth-order valence-electron chi connectivity index (χ4n) is 4.09. The first-order chi connectivity index (χ1) is 14.2. The van der Waals surface area contributed by atoms with Gasteiger partial charge in [-0.1, -0.05) is 55.5 Å². The van der Waals surface area contributed by atoms with E-state index in [2.05, 4.69) is 56.4 Å². The van der Waals surface area contributed by atoms with Crippen molar-refractivity contribution in [3.63, 3.8) is 0 Å². The average Bonchev–Trinajstić information content (AvgIpc) is 3.32. The maximum atomic E-state index is 10.0. The van der Waals surface area contributed by atoms with Crippen LogP contribution in [-0.2, 0) is 0 Å². The number of benzene rings is 2. The molecule has 146 valence electrons. The van der Waals surface area contributed by atoms with Crippen molar-refractivity contribution in [2.45, 2.75) is 31.9 Å². The number of nitrogens with one attached hydrogen (secondary N) is 2. The summed E-state index contributed by atoms with van der Waals surface area (Å²) >= 11 is 0. The van der Waals surface area contributed by atoms with Crippen molar-refractivity contribution in [1.29, 1.82) is 0 Å². The standard InChI is InChI=1S/C23H23N5O/c1-14-10-18(12-19(14)29)26-22-20-23(25-13-24-22)28-21(27-20)17-9-5-8-16(11-17)15-6-3-2-4-7-15/h2-9,11,13-14,18-19,29H,10,12H2,1H3,(H2,24,25,26,27,28)/t14-,18+,19-/m0/s1. The van der Waals surface area contributed by atoms with Crippen LogP contribution in [0.5, 0.6) is 0 Å². The fraction of sp³-hybridized carbons (Fsp3) is 0.261. The molecular weight excluding hydrogens is 362 g/mol. The van der Waals surface area contributed by atoms with Gasteiger partial charge < -0.3 is 15.4 Å². The zero-order valence-electron chi connectivity index (χ0n) is 16.2. The van der Waals surface area contributed by atoms with Gasteiger partial charge in [-0.05, 0) is 36.0 Å². The van der Waals surface area contributed by atoms with Gasteiger partial charge in [0.05, 0.1) is 6.10 Å². The van der Waals surface area contributed by atoms with E-state index in [0.29, 0.717) is 11.6 Å². The van der Waals surface area contributed by atoms with E-state index >= 15 is 0 Å². The molecule has 2 heterocycles. The highest BCUT2D eigenvalue weighted by atomic mass is 16.3. The molecule has 5 rings (SSSR count). The third kappa shape index (κ3) is 3.47. The van der Waals surface area contributed by atoms with Gasteiger partial charge in [0.25, 0.3) is 0 Å². The predicted molar refractivity (Wildman–Crippen MR) is 114 cm³/mol. The summed E-state index contributed by atoms with van der Waals surface area (Å²) in [6.07, 6.45) is 2.92. The Bertz CT molecular complexity index is 1130. The molecule has 1 aliphatic carbocycles. The summed E-state index contributed by atoms with van der Waals surface area (Å²) in [6.45, 7) is 2.08. The van der Waals surface area contributed by atoms with Gasteiger partial charge in [-0.15, -0.1) is 0 Å². The Balaban J connectivity index is 1.48. The molecule has 29 heavy (non-hydrogen) atoms. The molecule has 0 saturated heterocycles. The van der Waals surface area contributed by atoms with Crippen LogP contribution in [0.4, 0.5) is 5.82 Å². The molecule has 3 atom stereocenters. The number of nitrogens with zero attached hydrogens (tertiary/aromatic N) is 3. The minimum absolute atomic E-state index is 0.200. The third-order valence-electron chi connectivity index (χ3n) is 5.71. The third-order valence-corrected chi connectivity index (χ3v) is 5.71. The molecule has 0 unspecified atom stereocenters. The van der Waals surface area contributed by atoms with Crippen molar-refractivity contribution >= 4 is 17.0 Å². The van der Waals surface area contributed by atoms with E-state index in [0.717, 1.165) is 41.1 Å². The molecule has 3 N–H and O–H groups in total. The van der Waals surface area contributed by atoms with Gasteiger partial charge in [0.2, 0.25) is 0 Å². The van der Waals surface area contributed by atoms with E-state index in [-0.39, 0.29) is 12.1 Å². The van der Waals surface area contributed by atoms with Crippen molar-refractivity contribution < 1.29 is 5.11 Å². The van der Waals surface area contributed by atoms with Crippen molar-refractivity contribution in [3.8, 4) is 22.5 Å². The molecule has 6 nitrogen and oxygen atoms in total. The van der Waals surface area contributed by atoms with E-state index in [1.54, 1.807) is 0 Å². The van der Waals surface area contributed by atoms with Crippen molar-refractivity contribution in [2.24, 2.45) is 5.92 Å². The first kappa shape index (κ1) is 17.8. The lowest BCUT2D eigenvalue weighted by Crippen LogP contribution is -2.17. The molecule has 0 aliphatic heterocycles. The van der Waals surface area contributed by atoms with Gasteiger partial charge in [-0.3, -0.25) is 0 Å². The summed E-state index contributed by atoms with van der Waals surface area (Å²) in [6, 6.07) is 18.8. The van der Waals surface area contributed by atoms with Crippen molar-refractivity contribution in [1.82, 2.24) is 19.9 Å². The summed E-state index contributed by atoms with van der Waals surface area (Å²) in [7, 11) is 0. The number of hydrogen-bond acceptors (Lipinski definition) is 5. The van der Waals surface area contributed by atoms with Crippen LogP contribution in [-0.4, -0.2) is 37.2 Å². The maximum absolute atomic E-state index is 10.0. The normalized spacial score (nSPS) is 21.5. The SMILES string of the molecule is C[C@H]1C[C@@H](Nc2ncnc3nc(-c4cccc(-c5ccccc5)c4)[nH]c23)C[C@@H]1O. The highest BCUT2D eigenvalue weighted by Gasteiger charge is 2.30. The topological polar surface area (TPSA) is 86.7 Å². The van der Waals surface area contributed by atoms with Crippen LogP contribution in [0.3, 0.4) is 0 Å². The van der Waals surface area contributed by atoms with E-state index in [4.69, 9.17) is 0 Å². The summed E-state index contributed by atoms with van der Waals surface area (Å²) in [5, 5.41) is 13.5. The van der Waals surface area contributed by atoms with Crippen LogP contribution in [0.2, 0.25) is 0 Å². The second kappa shape index (κ2) is 7.29. The Hall–Kier alpha value is -3.25. The number of aromatic amines is 1. The zero-order valence-corrected chi connectivity index (χ0v) is 16.2. The quantitative estimate of drug-likeness (QED) is 0.489. The van der Waals surface area contributed by atoms with Gasteiger partial charge in [0, 0.05) is 11.6 Å². The number of anilines is 1. The lowest BCUT2D eigenvalue weighted by Gasteiger charge is -2.12. The summed E-state index contributed by atoms with van der Waals surface area (Å²) in [5.41, 5.74) is 4.74. The molecule has 0 bridgehead atoms. The minimum Gasteiger partial charge on any atom is -0.393 e. The Kier molecular flexibility index (Phi) is 4.48. The molecule has 1 fully saturated rings. The number of imidazole rings is 1. The van der Waals surface area contributed by atoms with Crippen LogP contribution in [0, 0.1) is 5.92 Å². The van der Waals surface area contributed by atoms with Crippen LogP contribution in [0.25, 0.3) is 33.7 Å². The van der Waals surface area contributed by atoms with Crippen LogP contribution < -0.4 is 5.32 Å². The minimum atomic E-state index is -0.261. The lowest BCUT2D eigenvalue weighted by atomic mass is 10.0. The highest BCUT2D eigenvalue weighted by Crippen LogP contribution is 2.31. The second-order valence-corrected chi connectivity index (χ2v) is 7.81. The number of aromatic nitrogens is 4. The molecule has 2 aromatic heterocycles. The van der Waals surface area contributed by atoms with Gasteiger partial charge in [-0.2, -0.15) is 0 Å². The summed E-state index contributed by atoms with van der Waals surface area (Å²) in [5.74, 6) is 1.79. The first-order valence-corrected chi connectivity index (χ1v) is 9.98. The summed E-state index contributed by atoms with van der Waals surface area (Å²) < 4.78 is 0. The molecule has 0 radical (unpaired) electrons. The van der Waals surface area contributed by atoms with E-state index in [1.807, 2.05) is 30.3 Å². The molecule has 1 saturated carbocycles. The molecule has 0 amide bonds. The van der Waals surface area contributed by atoms with Crippen molar-refractivity contribution in [3.05, 3.63) is 60.9 Å². The Morgan fingerprint density at radius 2 is 1.76 bits per heavy atom. The van der Waals surface area contributed by atoms with E-state index in [1.165, 1.54) is 11.9 Å². The smallest absolute Gasteiger partial charge is 0.183 e. The lowest BCUT2D eigenvalue weighted by molar-refractivity contribution is 0.141. The van der Waals surface area contributed by atoms with Gasteiger partial charge in [0.1, 0.15) is 17.7 Å². The number of fused-ring (bicyclic) bond motifs is 1.